The second-order valence-electron chi connectivity index (χ2n) is 0.544. The number of aliphatic hydroxyl groups is 1. The van der Waals surface area contributed by atoms with Crippen LogP contribution in [0.2, 0.25) is 0 Å². The SMILES string of the molecule is OC/C=C/I. The summed E-state index contributed by atoms with van der Waals surface area (Å²) in [6.45, 7) is 0.156. The Labute approximate surface area is 44.8 Å². The summed E-state index contributed by atoms with van der Waals surface area (Å²) >= 11 is 2.05. The van der Waals surface area contributed by atoms with E-state index in [0.717, 1.165) is 0 Å². The molecule has 1 N–H and O–H groups in total. The highest BCUT2D eigenvalue weighted by Gasteiger charge is 1.54. The summed E-state index contributed by atoms with van der Waals surface area (Å²) in [5, 5.41) is 7.97. The van der Waals surface area contributed by atoms with Crippen molar-refractivity contribution >= 4 is 22.6 Å². The molecule has 0 spiro atoms. The van der Waals surface area contributed by atoms with E-state index in [4.69, 9.17) is 5.11 Å². The first-order chi connectivity index (χ1) is 2.41. The van der Waals surface area contributed by atoms with E-state index in [-0.39, 0.29) is 6.61 Å². The minimum Gasteiger partial charge on any atom is -0.392 e. The number of aliphatic hydroxyl groups excluding tert-OH is 1. The first kappa shape index (κ1) is 5.43. The standard InChI is InChI=1S/C3H5IO/c4-2-1-3-5/h1-2,5H,3H2/b2-1+. The Morgan fingerprint density at radius 3 is 2.40 bits per heavy atom. The van der Waals surface area contributed by atoms with Crippen LogP contribution in [0.25, 0.3) is 0 Å². The maximum Gasteiger partial charge on any atom is 0.0619 e. The highest BCUT2D eigenvalue weighted by atomic mass is 127. The molecule has 5 heavy (non-hydrogen) atoms. The number of hydrogen-bond acceptors (Lipinski definition) is 1. The van der Waals surface area contributed by atoms with Crippen LogP contribution in [0, 0.1) is 0 Å². The predicted octanol–water partition coefficient (Wildman–Crippen LogP) is 0.927. The highest BCUT2D eigenvalue weighted by Crippen LogP contribution is 1.79. The van der Waals surface area contributed by atoms with Crippen LogP contribution in [0.3, 0.4) is 0 Å². The summed E-state index contributed by atoms with van der Waals surface area (Å²) in [5.74, 6) is 0. The van der Waals surface area contributed by atoms with Gasteiger partial charge in [0.2, 0.25) is 0 Å². The predicted molar refractivity (Wildman–Crippen MR) is 30.2 cm³/mol. The molecule has 0 heterocycles. The first-order valence-corrected chi connectivity index (χ1v) is 2.52. The van der Waals surface area contributed by atoms with Crippen LogP contribution in [-0.4, -0.2) is 11.7 Å². The zero-order valence-electron chi connectivity index (χ0n) is 2.69. The van der Waals surface area contributed by atoms with E-state index >= 15 is 0 Å². The van der Waals surface area contributed by atoms with Crippen molar-refractivity contribution in [1.29, 1.82) is 0 Å². The van der Waals surface area contributed by atoms with E-state index < -0.39 is 0 Å². The third-order valence-corrected chi connectivity index (χ3v) is 0.703. The monoisotopic (exact) mass is 184 g/mol. The third kappa shape index (κ3) is 4.43. The Hall–Kier alpha value is 0.430. The summed E-state index contributed by atoms with van der Waals surface area (Å²) in [6.07, 6.45) is 1.67. The van der Waals surface area contributed by atoms with Gasteiger partial charge in [-0.2, -0.15) is 0 Å². The van der Waals surface area contributed by atoms with Crippen molar-refractivity contribution in [3.63, 3.8) is 0 Å². The lowest BCUT2D eigenvalue weighted by Gasteiger charge is -1.65. The Morgan fingerprint density at radius 2 is 2.40 bits per heavy atom. The maximum absolute atomic E-state index is 7.97. The minimum atomic E-state index is 0.156. The van der Waals surface area contributed by atoms with Crippen LogP contribution in [0.4, 0.5) is 0 Å². The fourth-order valence-corrected chi connectivity index (χ4v) is 0.267. The fourth-order valence-electron chi connectivity index (χ4n) is 0.0398. The molecule has 0 aliphatic heterocycles. The van der Waals surface area contributed by atoms with Gasteiger partial charge in [-0.05, 0) is 4.08 Å². The van der Waals surface area contributed by atoms with Crippen molar-refractivity contribution in [2.75, 3.05) is 6.61 Å². The number of rotatable bonds is 1. The summed E-state index contributed by atoms with van der Waals surface area (Å²) < 4.78 is 1.78. The van der Waals surface area contributed by atoms with Gasteiger partial charge in [-0.25, -0.2) is 0 Å². The van der Waals surface area contributed by atoms with Gasteiger partial charge in [-0.3, -0.25) is 0 Å². The van der Waals surface area contributed by atoms with Crippen LogP contribution in [0.1, 0.15) is 0 Å². The molecule has 0 amide bonds. The largest absolute Gasteiger partial charge is 0.392 e. The number of hydrogen-bond donors (Lipinski definition) is 1. The second kappa shape index (κ2) is 4.43. The number of halogens is 1. The zero-order chi connectivity index (χ0) is 4.12. The van der Waals surface area contributed by atoms with Crippen molar-refractivity contribution < 1.29 is 5.11 Å². The maximum atomic E-state index is 7.97. The summed E-state index contributed by atoms with van der Waals surface area (Å²) in [4.78, 5) is 0. The second-order valence-corrected chi connectivity index (χ2v) is 1.26. The van der Waals surface area contributed by atoms with E-state index in [1.54, 1.807) is 10.2 Å². The molecular weight excluding hydrogens is 179 g/mol. The van der Waals surface area contributed by atoms with Crippen LogP contribution in [0.5, 0.6) is 0 Å². The molecule has 2 heteroatoms. The van der Waals surface area contributed by atoms with Gasteiger partial charge in [-0.1, -0.05) is 28.7 Å². The normalized spacial score (nSPS) is 10.0. The van der Waals surface area contributed by atoms with Crippen molar-refractivity contribution in [2.45, 2.75) is 0 Å². The zero-order valence-corrected chi connectivity index (χ0v) is 4.84. The molecule has 0 saturated heterocycles. The molecule has 0 fully saturated rings. The molecule has 1 nitrogen and oxygen atoms in total. The van der Waals surface area contributed by atoms with Crippen molar-refractivity contribution in [3.8, 4) is 0 Å². The minimum absolute atomic E-state index is 0.156. The molecule has 0 saturated carbocycles. The summed E-state index contributed by atoms with van der Waals surface area (Å²) in [7, 11) is 0. The van der Waals surface area contributed by atoms with Gasteiger partial charge in [0.25, 0.3) is 0 Å². The van der Waals surface area contributed by atoms with Gasteiger partial charge >= 0.3 is 0 Å². The van der Waals surface area contributed by atoms with Gasteiger partial charge in [0.05, 0.1) is 6.61 Å². The lowest BCUT2D eigenvalue weighted by molar-refractivity contribution is 0.343. The van der Waals surface area contributed by atoms with Gasteiger partial charge in [0.1, 0.15) is 0 Å². The molecule has 0 rings (SSSR count). The summed E-state index contributed by atoms with van der Waals surface area (Å²) in [6, 6.07) is 0. The fraction of sp³-hybridized carbons (Fsp3) is 0.333. The molecule has 0 bridgehead atoms. The lowest BCUT2D eigenvalue weighted by atomic mass is 10.7. The summed E-state index contributed by atoms with van der Waals surface area (Å²) in [5.41, 5.74) is 0. The molecule has 0 aliphatic rings. The van der Waals surface area contributed by atoms with E-state index in [2.05, 4.69) is 0 Å². The van der Waals surface area contributed by atoms with Crippen molar-refractivity contribution in [2.24, 2.45) is 0 Å². The highest BCUT2D eigenvalue weighted by molar-refractivity contribution is 14.1. The van der Waals surface area contributed by atoms with Gasteiger partial charge < -0.3 is 5.11 Å². The van der Waals surface area contributed by atoms with E-state index in [0.29, 0.717) is 0 Å². The third-order valence-electron chi connectivity index (χ3n) is 0.194. The molecule has 0 aromatic rings. The molecule has 30 valence electrons. The Kier molecular flexibility index (Phi) is 4.81. The van der Waals surface area contributed by atoms with E-state index in [1.807, 2.05) is 22.6 Å². The van der Waals surface area contributed by atoms with Gasteiger partial charge in [-0.15, -0.1) is 0 Å². The topological polar surface area (TPSA) is 20.2 Å². The molecule has 0 unspecified atom stereocenters. The van der Waals surface area contributed by atoms with Crippen LogP contribution < -0.4 is 0 Å². The Balaban J connectivity index is 2.62. The van der Waals surface area contributed by atoms with Gasteiger partial charge in [0, 0.05) is 0 Å². The van der Waals surface area contributed by atoms with E-state index in [1.165, 1.54) is 0 Å². The van der Waals surface area contributed by atoms with E-state index in [9.17, 15) is 0 Å². The first-order valence-electron chi connectivity index (χ1n) is 1.28. The molecular formula is C3H5IO. The van der Waals surface area contributed by atoms with Crippen LogP contribution >= 0.6 is 22.6 Å². The van der Waals surface area contributed by atoms with Crippen molar-refractivity contribution in [3.05, 3.63) is 10.2 Å². The van der Waals surface area contributed by atoms with Crippen LogP contribution in [-0.2, 0) is 0 Å². The molecule has 0 radical (unpaired) electrons. The van der Waals surface area contributed by atoms with Gasteiger partial charge in [0.15, 0.2) is 0 Å². The molecule has 0 atom stereocenters. The Morgan fingerprint density at radius 1 is 1.80 bits per heavy atom. The molecule has 0 aromatic carbocycles. The molecule has 0 aromatic heterocycles. The van der Waals surface area contributed by atoms with Crippen molar-refractivity contribution in [1.82, 2.24) is 0 Å². The average molecular weight is 184 g/mol. The Bertz CT molecular complexity index is 33.9. The quantitative estimate of drug-likeness (QED) is 0.601. The van der Waals surface area contributed by atoms with Crippen LogP contribution in [0.15, 0.2) is 10.2 Å². The average Bonchev–Trinajstić information content (AvgIpc) is 1.41. The smallest absolute Gasteiger partial charge is 0.0619 e. The lowest BCUT2D eigenvalue weighted by Crippen LogP contribution is -1.64. The molecule has 0 aliphatic carbocycles.